The zero-order valence-corrected chi connectivity index (χ0v) is 12.3. The first-order chi connectivity index (χ1) is 7.29. The molecule has 0 unspecified atom stereocenters. The molecular weight excluding hydrogens is 330 g/mol. The van der Waals surface area contributed by atoms with Gasteiger partial charge in [0.15, 0.2) is 0 Å². The van der Waals surface area contributed by atoms with Crippen molar-refractivity contribution in [3.63, 3.8) is 0 Å². The smallest absolute Gasteiger partial charge is 0.0702 e. The minimum atomic E-state index is 0. The standard InChI is InChI=1S/C13H12BrN.BrH/c1-10-2-5-12(6-3-10)13-7-4-11(8-14)9-15-13;/h2-7,9H,8H2,1H3;1H. The number of nitrogens with zero attached hydrogens (tertiary/aromatic N) is 1. The molecular formula is C13H13Br2N. The number of pyridine rings is 1. The van der Waals surface area contributed by atoms with Crippen molar-refractivity contribution in [2.75, 3.05) is 0 Å². The van der Waals surface area contributed by atoms with E-state index in [0.717, 1.165) is 11.0 Å². The van der Waals surface area contributed by atoms with Crippen LogP contribution in [0.25, 0.3) is 11.3 Å². The Labute approximate surface area is 115 Å². The predicted octanol–water partition coefficient (Wildman–Crippen LogP) is 4.53. The van der Waals surface area contributed by atoms with E-state index in [1.165, 1.54) is 16.7 Å². The summed E-state index contributed by atoms with van der Waals surface area (Å²) in [6, 6.07) is 12.6. The summed E-state index contributed by atoms with van der Waals surface area (Å²) < 4.78 is 0. The minimum Gasteiger partial charge on any atom is -0.256 e. The normalized spacial score (nSPS) is 9.62. The fraction of sp³-hybridized carbons (Fsp3) is 0.154. The molecule has 0 N–H and O–H groups in total. The van der Waals surface area contributed by atoms with Gasteiger partial charge in [-0.25, -0.2) is 0 Å². The Morgan fingerprint density at radius 2 is 1.75 bits per heavy atom. The van der Waals surface area contributed by atoms with Crippen LogP contribution in [0.2, 0.25) is 0 Å². The van der Waals surface area contributed by atoms with E-state index in [1.54, 1.807) is 0 Å². The lowest BCUT2D eigenvalue weighted by atomic mass is 10.1. The zero-order valence-electron chi connectivity index (χ0n) is 8.98. The van der Waals surface area contributed by atoms with Crippen molar-refractivity contribution in [3.8, 4) is 11.3 Å². The molecule has 0 aliphatic carbocycles. The number of halogens is 2. The van der Waals surface area contributed by atoms with Gasteiger partial charge in [0.2, 0.25) is 0 Å². The van der Waals surface area contributed by atoms with E-state index < -0.39 is 0 Å². The molecule has 2 aromatic rings. The van der Waals surface area contributed by atoms with Gasteiger partial charge in [0.05, 0.1) is 5.69 Å². The van der Waals surface area contributed by atoms with Gasteiger partial charge in [0.1, 0.15) is 0 Å². The van der Waals surface area contributed by atoms with E-state index in [0.29, 0.717) is 0 Å². The number of aryl methyl sites for hydroxylation is 1. The fourth-order valence-corrected chi connectivity index (χ4v) is 1.73. The Bertz CT molecular complexity index is 434. The molecule has 0 aliphatic heterocycles. The Morgan fingerprint density at radius 3 is 2.25 bits per heavy atom. The van der Waals surface area contributed by atoms with Crippen LogP contribution in [0, 0.1) is 6.92 Å². The lowest BCUT2D eigenvalue weighted by molar-refractivity contribution is 1.26. The van der Waals surface area contributed by atoms with Crippen LogP contribution in [0.4, 0.5) is 0 Å². The van der Waals surface area contributed by atoms with E-state index in [4.69, 9.17) is 0 Å². The summed E-state index contributed by atoms with van der Waals surface area (Å²) in [6.45, 7) is 2.09. The Hall–Kier alpha value is -0.670. The van der Waals surface area contributed by atoms with E-state index >= 15 is 0 Å². The molecule has 1 aromatic carbocycles. The molecule has 0 fully saturated rings. The van der Waals surface area contributed by atoms with Crippen molar-refractivity contribution in [1.82, 2.24) is 4.98 Å². The minimum absolute atomic E-state index is 0. The molecule has 0 saturated carbocycles. The zero-order chi connectivity index (χ0) is 10.7. The molecule has 0 radical (unpaired) electrons. The summed E-state index contributed by atoms with van der Waals surface area (Å²) in [5, 5.41) is 0.855. The monoisotopic (exact) mass is 341 g/mol. The largest absolute Gasteiger partial charge is 0.256 e. The van der Waals surface area contributed by atoms with Crippen molar-refractivity contribution in [3.05, 3.63) is 53.7 Å². The third kappa shape index (κ3) is 3.16. The maximum atomic E-state index is 4.42. The molecule has 0 amide bonds. The number of rotatable bonds is 2. The number of aromatic nitrogens is 1. The van der Waals surface area contributed by atoms with Gasteiger partial charge in [-0.05, 0) is 18.6 Å². The van der Waals surface area contributed by atoms with E-state index in [2.05, 4.69) is 64.2 Å². The number of hydrogen-bond donors (Lipinski definition) is 0. The highest BCUT2D eigenvalue weighted by Gasteiger charge is 1.98. The van der Waals surface area contributed by atoms with Crippen molar-refractivity contribution in [1.29, 1.82) is 0 Å². The molecule has 3 heteroatoms. The maximum absolute atomic E-state index is 4.42. The van der Waals surface area contributed by atoms with Crippen LogP contribution in [-0.2, 0) is 5.33 Å². The number of alkyl halides is 1. The third-order valence-corrected chi connectivity index (χ3v) is 2.97. The Morgan fingerprint density at radius 1 is 1.06 bits per heavy atom. The van der Waals surface area contributed by atoms with Gasteiger partial charge >= 0.3 is 0 Å². The Kier molecular flexibility index (Phi) is 5.16. The lowest BCUT2D eigenvalue weighted by Crippen LogP contribution is -1.85. The summed E-state index contributed by atoms with van der Waals surface area (Å²) in [4.78, 5) is 4.42. The molecule has 1 aromatic heterocycles. The van der Waals surface area contributed by atoms with Crippen molar-refractivity contribution >= 4 is 32.9 Å². The highest BCUT2D eigenvalue weighted by atomic mass is 79.9. The van der Waals surface area contributed by atoms with Gasteiger partial charge in [-0.15, -0.1) is 17.0 Å². The molecule has 1 heterocycles. The quantitative estimate of drug-likeness (QED) is 0.730. The molecule has 16 heavy (non-hydrogen) atoms. The van der Waals surface area contributed by atoms with Gasteiger partial charge < -0.3 is 0 Å². The molecule has 1 nitrogen and oxygen atoms in total. The second-order valence-corrected chi connectivity index (χ2v) is 4.11. The molecule has 0 spiro atoms. The number of benzene rings is 1. The molecule has 0 bridgehead atoms. The van der Waals surface area contributed by atoms with Crippen LogP contribution < -0.4 is 0 Å². The number of hydrogen-bond acceptors (Lipinski definition) is 1. The summed E-state index contributed by atoms with van der Waals surface area (Å²) in [7, 11) is 0. The highest BCUT2D eigenvalue weighted by Crippen LogP contribution is 2.18. The average Bonchev–Trinajstić information content (AvgIpc) is 2.30. The van der Waals surface area contributed by atoms with Crippen LogP contribution in [-0.4, -0.2) is 4.98 Å². The van der Waals surface area contributed by atoms with Crippen molar-refractivity contribution < 1.29 is 0 Å². The van der Waals surface area contributed by atoms with Crippen molar-refractivity contribution in [2.45, 2.75) is 12.3 Å². The first-order valence-corrected chi connectivity index (χ1v) is 5.99. The predicted molar refractivity (Wildman–Crippen MR) is 77.4 cm³/mol. The van der Waals surface area contributed by atoms with Crippen LogP contribution >= 0.6 is 32.9 Å². The van der Waals surface area contributed by atoms with Crippen LogP contribution in [0.15, 0.2) is 42.6 Å². The summed E-state index contributed by atoms with van der Waals surface area (Å²) in [5.74, 6) is 0. The van der Waals surface area contributed by atoms with E-state index in [-0.39, 0.29) is 17.0 Å². The van der Waals surface area contributed by atoms with Gasteiger partial charge in [0, 0.05) is 17.1 Å². The SMILES string of the molecule is Br.Cc1ccc(-c2ccc(CBr)cn2)cc1. The van der Waals surface area contributed by atoms with Gasteiger partial charge in [-0.3, -0.25) is 4.98 Å². The molecule has 0 aliphatic rings. The van der Waals surface area contributed by atoms with E-state index in [9.17, 15) is 0 Å². The molecule has 2 rings (SSSR count). The van der Waals surface area contributed by atoms with Gasteiger partial charge in [-0.1, -0.05) is 51.8 Å². The summed E-state index contributed by atoms with van der Waals surface area (Å²) >= 11 is 3.41. The Balaban J connectivity index is 0.00000128. The van der Waals surface area contributed by atoms with Crippen LogP contribution in [0.5, 0.6) is 0 Å². The summed E-state index contributed by atoms with van der Waals surface area (Å²) in [5.41, 5.74) is 4.67. The van der Waals surface area contributed by atoms with Crippen LogP contribution in [0.1, 0.15) is 11.1 Å². The highest BCUT2D eigenvalue weighted by molar-refractivity contribution is 9.08. The van der Waals surface area contributed by atoms with Crippen molar-refractivity contribution in [2.24, 2.45) is 0 Å². The first-order valence-electron chi connectivity index (χ1n) is 4.87. The second-order valence-electron chi connectivity index (χ2n) is 3.55. The third-order valence-electron chi connectivity index (χ3n) is 2.33. The lowest BCUT2D eigenvalue weighted by Gasteiger charge is -2.02. The summed E-state index contributed by atoms with van der Waals surface area (Å²) in [6.07, 6.45) is 1.91. The molecule has 0 atom stereocenters. The topological polar surface area (TPSA) is 12.9 Å². The second kappa shape index (κ2) is 6.16. The maximum Gasteiger partial charge on any atom is 0.0702 e. The van der Waals surface area contributed by atoms with E-state index in [1.807, 2.05) is 6.20 Å². The molecule has 0 saturated heterocycles. The van der Waals surface area contributed by atoms with Crippen LogP contribution in [0.3, 0.4) is 0 Å². The van der Waals surface area contributed by atoms with Gasteiger partial charge in [-0.2, -0.15) is 0 Å². The van der Waals surface area contributed by atoms with Gasteiger partial charge in [0.25, 0.3) is 0 Å². The molecule has 84 valence electrons. The first kappa shape index (κ1) is 13.4. The fourth-order valence-electron chi connectivity index (χ4n) is 1.40. The average molecular weight is 343 g/mol.